The highest BCUT2D eigenvalue weighted by Gasteiger charge is 2.27. The number of benzene rings is 2. The zero-order valence-electron chi connectivity index (χ0n) is 15.7. The summed E-state index contributed by atoms with van der Waals surface area (Å²) in [4.78, 5) is 14.8. The van der Waals surface area contributed by atoms with E-state index in [9.17, 15) is 13.2 Å². The van der Waals surface area contributed by atoms with E-state index in [1.54, 1.807) is 30.3 Å². The van der Waals surface area contributed by atoms with Crippen LogP contribution in [0, 0.1) is 6.92 Å². The molecule has 1 fully saturated rings. The Bertz CT molecular complexity index is 902. The smallest absolute Gasteiger partial charge is 0.255 e. The van der Waals surface area contributed by atoms with Crippen LogP contribution in [0.25, 0.3) is 0 Å². The molecular weight excluding hydrogens is 362 g/mol. The molecule has 0 spiro atoms. The molecule has 2 aromatic carbocycles. The van der Waals surface area contributed by atoms with Gasteiger partial charge in [-0.25, -0.2) is 8.42 Å². The van der Waals surface area contributed by atoms with Crippen LogP contribution >= 0.6 is 0 Å². The lowest BCUT2D eigenvalue weighted by molar-refractivity contribution is 0.102. The number of sulfonamides is 1. The quantitative estimate of drug-likeness (QED) is 0.856. The standard InChI is InChI=1S/C20H25N3O3S/c1-3-22-11-13-23(14-12-22)27(25,26)19-9-7-18(8-10-19)21-20(24)17-6-4-5-16(2)15-17/h4-10,15H,3,11-14H2,1-2H3,(H,21,24). The monoisotopic (exact) mass is 387 g/mol. The zero-order chi connectivity index (χ0) is 19.4. The van der Waals surface area contributed by atoms with Gasteiger partial charge in [0.05, 0.1) is 4.90 Å². The summed E-state index contributed by atoms with van der Waals surface area (Å²) in [5, 5.41) is 2.80. The van der Waals surface area contributed by atoms with E-state index >= 15 is 0 Å². The van der Waals surface area contributed by atoms with Crippen LogP contribution in [-0.2, 0) is 10.0 Å². The van der Waals surface area contributed by atoms with Crippen molar-refractivity contribution in [3.8, 4) is 0 Å². The minimum absolute atomic E-state index is 0.218. The van der Waals surface area contributed by atoms with Crippen molar-refractivity contribution in [2.75, 3.05) is 38.0 Å². The highest BCUT2D eigenvalue weighted by Crippen LogP contribution is 2.20. The van der Waals surface area contributed by atoms with Crippen LogP contribution in [0.5, 0.6) is 0 Å². The van der Waals surface area contributed by atoms with Crippen LogP contribution in [0.4, 0.5) is 5.69 Å². The molecule has 1 amide bonds. The highest BCUT2D eigenvalue weighted by atomic mass is 32.2. The molecule has 0 bridgehead atoms. The minimum atomic E-state index is -3.50. The molecule has 144 valence electrons. The first-order chi connectivity index (χ1) is 12.9. The first-order valence-corrected chi connectivity index (χ1v) is 10.5. The Morgan fingerprint density at radius 3 is 2.30 bits per heavy atom. The van der Waals surface area contributed by atoms with Crippen LogP contribution in [0.1, 0.15) is 22.8 Å². The summed E-state index contributed by atoms with van der Waals surface area (Å²) >= 11 is 0. The van der Waals surface area contributed by atoms with Gasteiger partial charge in [0.1, 0.15) is 0 Å². The van der Waals surface area contributed by atoms with Crippen LogP contribution in [0.2, 0.25) is 0 Å². The van der Waals surface area contributed by atoms with E-state index in [0.717, 1.165) is 25.2 Å². The molecular formula is C20H25N3O3S. The van der Waals surface area contributed by atoms with Gasteiger partial charge in [0.2, 0.25) is 10.0 Å². The van der Waals surface area contributed by atoms with Crippen LogP contribution in [0.3, 0.4) is 0 Å². The molecule has 1 aliphatic rings. The van der Waals surface area contributed by atoms with E-state index in [0.29, 0.717) is 24.3 Å². The van der Waals surface area contributed by atoms with E-state index in [1.165, 1.54) is 4.31 Å². The maximum atomic E-state index is 12.8. The highest BCUT2D eigenvalue weighted by molar-refractivity contribution is 7.89. The number of amides is 1. The van der Waals surface area contributed by atoms with E-state index in [1.807, 2.05) is 25.1 Å². The number of anilines is 1. The average molecular weight is 388 g/mol. The summed E-state index contributed by atoms with van der Waals surface area (Å²) in [5.41, 5.74) is 2.14. The van der Waals surface area contributed by atoms with Gasteiger partial charge in [0.15, 0.2) is 0 Å². The van der Waals surface area contributed by atoms with Crippen molar-refractivity contribution in [3.63, 3.8) is 0 Å². The Labute approximate surface area is 160 Å². The molecule has 0 saturated carbocycles. The summed E-state index contributed by atoms with van der Waals surface area (Å²) in [7, 11) is -3.50. The Hall–Kier alpha value is -2.22. The molecule has 1 aliphatic heterocycles. The molecule has 7 heteroatoms. The lowest BCUT2D eigenvalue weighted by Crippen LogP contribution is -2.48. The third-order valence-electron chi connectivity index (χ3n) is 4.81. The number of rotatable bonds is 5. The normalized spacial score (nSPS) is 16.2. The van der Waals surface area contributed by atoms with Crippen molar-refractivity contribution >= 4 is 21.6 Å². The predicted molar refractivity (Wildman–Crippen MR) is 106 cm³/mol. The molecule has 1 heterocycles. The van der Waals surface area contributed by atoms with E-state index in [2.05, 4.69) is 17.1 Å². The summed E-state index contributed by atoms with van der Waals surface area (Å²) in [6.45, 7) is 7.44. The number of hydrogen-bond donors (Lipinski definition) is 1. The molecule has 0 unspecified atom stereocenters. The van der Waals surface area contributed by atoms with Gasteiger partial charge < -0.3 is 10.2 Å². The van der Waals surface area contributed by atoms with Crippen LogP contribution < -0.4 is 5.32 Å². The molecule has 1 saturated heterocycles. The minimum Gasteiger partial charge on any atom is -0.322 e. The lowest BCUT2D eigenvalue weighted by Gasteiger charge is -2.33. The molecule has 6 nitrogen and oxygen atoms in total. The van der Waals surface area contributed by atoms with Gasteiger partial charge in [-0.1, -0.05) is 24.6 Å². The largest absolute Gasteiger partial charge is 0.322 e. The number of nitrogens with one attached hydrogen (secondary N) is 1. The summed E-state index contributed by atoms with van der Waals surface area (Å²) in [6, 6.07) is 13.7. The second-order valence-corrected chi connectivity index (χ2v) is 8.62. The SMILES string of the molecule is CCN1CCN(S(=O)(=O)c2ccc(NC(=O)c3cccc(C)c3)cc2)CC1. The van der Waals surface area contributed by atoms with Gasteiger partial charge in [-0.3, -0.25) is 4.79 Å². The predicted octanol–water partition coefficient (Wildman–Crippen LogP) is 2.57. The maximum Gasteiger partial charge on any atom is 0.255 e. The van der Waals surface area contributed by atoms with Crippen molar-refractivity contribution in [1.29, 1.82) is 0 Å². The molecule has 2 aromatic rings. The summed E-state index contributed by atoms with van der Waals surface area (Å²) in [5.74, 6) is -0.218. The van der Waals surface area contributed by atoms with Gasteiger partial charge in [-0.05, 0) is 49.9 Å². The van der Waals surface area contributed by atoms with E-state index in [4.69, 9.17) is 0 Å². The van der Waals surface area contributed by atoms with Crippen molar-refractivity contribution in [1.82, 2.24) is 9.21 Å². The maximum absolute atomic E-state index is 12.8. The van der Waals surface area contributed by atoms with Gasteiger partial charge in [0.25, 0.3) is 5.91 Å². The summed E-state index contributed by atoms with van der Waals surface area (Å²) in [6.07, 6.45) is 0. The number of piperazine rings is 1. The van der Waals surface area contributed by atoms with Gasteiger partial charge in [-0.2, -0.15) is 4.31 Å². The number of nitrogens with zero attached hydrogens (tertiary/aromatic N) is 2. The number of aryl methyl sites for hydroxylation is 1. The molecule has 27 heavy (non-hydrogen) atoms. The number of likely N-dealkylation sites (N-methyl/N-ethyl adjacent to an activating group) is 1. The molecule has 1 N–H and O–H groups in total. The second-order valence-electron chi connectivity index (χ2n) is 6.69. The summed E-state index contributed by atoms with van der Waals surface area (Å²) < 4.78 is 27.1. The fourth-order valence-corrected chi connectivity index (χ4v) is 4.56. The van der Waals surface area contributed by atoms with E-state index in [-0.39, 0.29) is 10.8 Å². The van der Waals surface area contributed by atoms with E-state index < -0.39 is 10.0 Å². The fourth-order valence-electron chi connectivity index (χ4n) is 3.13. The first kappa shape index (κ1) is 19.5. The molecule has 3 rings (SSSR count). The molecule has 0 aliphatic carbocycles. The first-order valence-electron chi connectivity index (χ1n) is 9.11. The second kappa shape index (κ2) is 8.21. The zero-order valence-corrected chi connectivity index (χ0v) is 16.5. The lowest BCUT2D eigenvalue weighted by atomic mass is 10.1. The van der Waals surface area contributed by atoms with Crippen molar-refractivity contribution < 1.29 is 13.2 Å². The van der Waals surface area contributed by atoms with Crippen LogP contribution in [0.15, 0.2) is 53.4 Å². The third kappa shape index (κ3) is 4.55. The number of hydrogen-bond acceptors (Lipinski definition) is 4. The Morgan fingerprint density at radius 2 is 1.70 bits per heavy atom. The molecule has 0 radical (unpaired) electrons. The molecule has 0 atom stereocenters. The molecule has 0 aromatic heterocycles. The Balaban J connectivity index is 1.68. The fraction of sp³-hybridized carbons (Fsp3) is 0.350. The van der Waals surface area contributed by atoms with Crippen molar-refractivity contribution in [2.45, 2.75) is 18.7 Å². The topological polar surface area (TPSA) is 69.7 Å². The van der Waals surface area contributed by atoms with Crippen molar-refractivity contribution in [3.05, 3.63) is 59.7 Å². The number of carbonyl (C=O) groups excluding carboxylic acids is 1. The van der Waals surface area contributed by atoms with Crippen LogP contribution in [-0.4, -0.2) is 56.3 Å². The third-order valence-corrected chi connectivity index (χ3v) is 6.72. The van der Waals surface area contributed by atoms with Crippen molar-refractivity contribution in [2.24, 2.45) is 0 Å². The van der Waals surface area contributed by atoms with Gasteiger partial charge in [0, 0.05) is 37.4 Å². The number of carbonyl (C=O) groups is 1. The van der Waals surface area contributed by atoms with Gasteiger partial charge >= 0.3 is 0 Å². The average Bonchev–Trinajstić information content (AvgIpc) is 2.68. The Morgan fingerprint density at radius 1 is 1.04 bits per heavy atom. The van der Waals surface area contributed by atoms with Gasteiger partial charge in [-0.15, -0.1) is 0 Å². The Kier molecular flexibility index (Phi) is 5.94.